The van der Waals surface area contributed by atoms with Gasteiger partial charge in [0.2, 0.25) is 11.5 Å². The standard InChI is InChI=1S/C31H28N4O6/c1-15-23(29(37)33-18-8-6-5-7-9-18)24-26(32-15)20(36)12-22-31(24)13-17(31)14-35(22)30(38)19-10-16-11-21(39-2)27(40-3)28(41-4)25(16)34-19/h5-12,17,32,34H,13-14H2,1-4H3,(H,33,37)/t17-,31+/m1/s1. The van der Waals surface area contributed by atoms with E-state index >= 15 is 0 Å². The smallest absolute Gasteiger partial charge is 0.274 e. The van der Waals surface area contributed by atoms with Gasteiger partial charge in [0, 0.05) is 46.1 Å². The first kappa shape index (κ1) is 25.0. The molecule has 1 aliphatic heterocycles. The summed E-state index contributed by atoms with van der Waals surface area (Å²) in [6.07, 6.45) is 2.32. The average Bonchev–Trinajstić information content (AvgIpc) is 3.24. The van der Waals surface area contributed by atoms with Crippen molar-refractivity contribution in [3.8, 4) is 17.2 Å². The predicted molar refractivity (Wildman–Crippen MR) is 151 cm³/mol. The van der Waals surface area contributed by atoms with Gasteiger partial charge in [0.25, 0.3) is 11.8 Å². The number of amides is 2. The number of carbonyl (C=O) groups is 3. The van der Waals surface area contributed by atoms with Crippen LogP contribution >= 0.6 is 0 Å². The molecule has 2 atom stereocenters. The normalized spacial score (nSPS) is 20.2. The monoisotopic (exact) mass is 552 g/mol. The zero-order chi connectivity index (χ0) is 28.6. The Hall–Kier alpha value is -4.99. The van der Waals surface area contributed by atoms with Crippen molar-refractivity contribution in [1.82, 2.24) is 14.9 Å². The lowest BCUT2D eigenvalue weighted by molar-refractivity contribution is 0.0806. The molecule has 0 bridgehead atoms. The second-order valence-electron chi connectivity index (χ2n) is 10.7. The number of aryl methyl sites for hydroxylation is 1. The molecule has 7 rings (SSSR count). The third-order valence-electron chi connectivity index (χ3n) is 8.56. The molecule has 3 heterocycles. The van der Waals surface area contributed by atoms with Crippen molar-refractivity contribution in [3.63, 3.8) is 0 Å². The maximum Gasteiger partial charge on any atom is 0.274 e. The molecule has 0 unspecified atom stereocenters. The van der Waals surface area contributed by atoms with Crippen LogP contribution in [0.15, 0.2) is 54.2 Å². The number of hydrogen-bond acceptors (Lipinski definition) is 6. The molecule has 1 spiro atoms. The molecule has 1 saturated heterocycles. The fourth-order valence-corrected chi connectivity index (χ4v) is 6.71. The molecule has 2 aliphatic carbocycles. The summed E-state index contributed by atoms with van der Waals surface area (Å²) in [6.45, 7) is 2.25. The fourth-order valence-electron chi connectivity index (χ4n) is 6.71. The number of para-hydroxylation sites is 1. The van der Waals surface area contributed by atoms with E-state index in [-0.39, 0.29) is 23.5 Å². The van der Waals surface area contributed by atoms with Crippen molar-refractivity contribution in [2.45, 2.75) is 18.8 Å². The number of aromatic nitrogens is 2. The highest BCUT2D eigenvalue weighted by molar-refractivity contribution is 6.14. The summed E-state index contributed by atoms with van der Waals surface area (Å²) in [6, 6.07) is 12.7. The van der Waals surface area contributed by atoms with E-state index in [9.17, 15) is 14.4 Å². The quantitative estimate of drug-likeness (QED) is 0.322. The Kier molecular flexibility index (Phi) is 5.34. The number of anilines is 1. The molecule has 0 radical (unpaired) electrons. The van der Waals surface area contributed by atoms with Crippen molar-refractivity contribution >= 4 is 34.2 Å². The summed E-state index contributed by atoms with van der Waals surface area (Å²) in [5, 5.41) is 3.68. The van der Waals surface area contributed by atoms with Crippen LogP contribution in [0.4, 0.5) is 5.69 Å². The molecule has 2 aromatic heterocycles. The van der Waals surface area contributed by atoms with Gasteiger partial charge in [-0.15, -0.1) is 0 Å². The number of piperidine rings is 1. The van der Waals surface area contributed by atoms with Crippen LogP contribution in [-0.2, 0) is 5.41 Å². The average molecular weight is 553 g/mol. The molecule has 4 aromatic rings. The molecule has 2 aromatic carbocycles. The van der Waals surface area contributed by atoms with Gasteiger partial charge in [0.1, 0.15) is 5.69 Å². The molecule has 2 fully saturated rings. The van der Waals surface area contributed by atoms with Crippen molar-refractivity contribution in [2.75, 3.05) is 33.2 Å². The van der Waals surface area contributed by atoms with Crippen LogP contribution in [0.25, 0.3) is 10.9 Å². The number of H-pyrrole nitrogens is 2. The van der Waals surface area contributed by atoms with Gasteiger partial charge in [-0.3, -0.25) is 14.4 Å². The van der Waals surface area contributed by atoms with Gasteiger partial charge < -0.3 is 34.4 Å². The van der Waals surface area contributed by atoms with Gasteiger partial charge in [-0.2, -0.15) is 0 Å². The maximum atomic E-state index is 14.0. The second kappa shape index (κ2) is 8.76. The number of carbonyl (C=O) groups excluding carboxylic acids is 3. The third-order valence-corrected chi connectivity index (χ3v) is 8.56. The first-order valence-corrected chi connectivity index (χ1v) is 13.3. The number of hydrogen-bond donors (Lipinski definition) is 3. The number of ether oxygens (including phenoxy) is 3. The third kappa shape index (κ3) is 3.39. The van der Waals surface area contributed by atoms with E-state index in [1.54, 1.807) is 30.0 Å². The number of rotatable bonds is 6. The van der Waals surface area contributed by atoms with Crippen LogP contribution < -0.4 is 19.5 Å². The largest absolute Gasteiger partial charge is 0.493 e. The number of likely N-dealkylation sites (tertiary alicyclic amines) is 1. The van der Waals surface area contributed by atoms with Gasteiger partial charge in [-0.1, -0.05) is 18.2 Å². The topological polar surface area (TPSA) is 126 Å². The SMILES string of the molecule is COc1cc2cc(C(=O)N3C[C@H]4C[C@@]45C3=CC(=O)c3[nH]c(C)c(C(=O)Nc4ccccc4)c35)[nH]c2c(OC)c1OC. The number of benzene rings is 2. The Morgan fingerprint density at radius 3 is 2.49 bits per heavy atom. The highest BCUT2D eigenvalue weighted by Crippen LogP contribution is 2.67. The Morgan fingerprint density at radius 2 is 1.78 bits per heavy atom. The van der Waals surface area contributed by atoms with Crippen molar-refractivity contribution < 1.29 is 28.6 Å². The Morgan fingerprint density at radius 1 is 1.02 bits per heavy atom. The number of nitrogens with one attached hydrogen (secondary N) is 3. The number of aromatic amines is 2. The van der Waals surface area contributed by atoms with Crippen LogP contribution in [0.3, 0.4) is 0 Å². The Balaban J connectivity index is 1.27. The zero-order valence-corrected chi connectivity index (χ0v) is 23.0. The molecule has 208 valence electrons. The Bertz CT molecular complexity index is 1820. The summed E-state index contributed by atoms with van der Waals surface area (Å²) in [4.78, 5) is 48.9. The van der Waals surface area contributed by atoms with E-state index in [1.807, 2.05) is 30.3 Å². The van der Waals surface area contributed by atoms with Crippen LogP contribution in [0.5, 0.6) is 17.2 Å². The van der Waals surface area contributed by atoms with Gasteiger partial charge in [-0.05, 0) is 43.5 Å². The first-order valence-electron chi connectivity index (χ1n) is 13.3. The summed E-state index contributed by atoms with van der Waals surface area (Å²) in [5.41, 5.74) is 3.90. The van der Waals surface area contributed by atoms with Gasteiger partial charge >= 0.3 is 0 Å². The minimum Gasteiger partial charge on any atom is -0.493 e. The molecular weight excluding hydrogens is 524 g/mol. The molecule has 10 nitrogen and oxygen atoms in total. The van der Waals surface area contributed by atoms with E-state index in [0.717, 1.165) is 11.8 Å². The van der Waals surface area contributed by atoms with Gasteiger partial charge in [0.15, 0.2) is 11.5 Å². The first-order chi connectivity index (χ1) is 19.8. The molecule has 1 saturated carbocycles. The number of nitrogens with zero attached hydrogens (tertiary/aromatic N) is 1. The van der Waals surface area contributed by atoms with E-state index in [2.05, 4.69) is 15.3 Å². The minimum atomic E-state index is -0.566. The van der Waals surface area contributed by atoms with Crippen molar-refractivity contribution in [3.05, 3.63) is 82.4 Å². The second-order valence-corrected chi connectivity index (χ2v) is 10.7. The van der Waals surface area contributed by atoms with Gasteiger partial charge in [-0.25, -0.2) is 0 Å². The minimum absolute atomic E-state index is 0.0992. The lowest BCUT2D eigenvalue weighted by Gasteiger charge is -2.28. The number of allylic oxidation sites excluding steroid dienone is 2. The molecule has 3 N–H and O–H groups in total. The lowest BCUT2D eigenvalue weighted by Crippen LogP contribution is -2.34. The zero-order valence-electron chi connectivity index (χ0n) is 23.0. The van der Waals surface area contributed by atoms with E-state index in [0.29, 0.717) is 68.9 Å². The number of methoxy groups -OCH3 is 3. The van der Waals surface area contributed by atoms with Crippen LogP contribution in [0, 0.1) is 12.8 Å². The van der Waals surface area contributed by atoms with E-state index < -0.39 is 5.41 Å². The fraction of sp³-hybridized carbons (Fsp3) is 0.258. The molecule has 3 aliphatic rings. The van der Waals surface area contributed by atoms with Crippen molar-refractivity contribution in [2.24, 2.45) is 5.92 Å². The summed E-state index contributed by atoms with van der Waals surface area (Å²) < 4.78 is 16.6. The van der Waals surface area contributed by atoms with Gasteiger partial charge in [0.05, 0.1) is 38.1 Å². The summed E-state index contributed by atoms with van der Waals surface area (Å²) in [5.74, 6) is 0.627. The predicted octanol–water partition coefficient (Wildman–Crippen LogP) is 4.58. The van der Waals surface area contributed by atoms with Crippen LogP contribution in [0.2, 0.25) is 0 Å². The highest BCUT2D eigenvalue weighted by Gasteiger charge is 2.69. The van der Waals surface area contributed by atoms with Crippen LogP contribution in [-0.4, -0.2) is 60.3 Å². The maximum absolute atomic E-state index is 14.0. The molecular formula is C31H28N4O6. The highest BCUT2D eigenvalue weighted by atomic mass is 16.5. The summed E-state index contributed by atoms with van der Waals surface area (Å²) >= 11 is 0. The van der Waals surface area contributed by atoms with Crippen LogP contribution in [0.1, 0.15) is 49.0 Å². The molecule has 41 heavy (non-hydrogen) atoms. The molecule has 2 amide bonds. The molecule has 10 heteroatoms. The lowest BCUT2D eigenvalue weighted by atomic mass is 9.82. The van der Waals surface area contributed by atoms with Crippen molar-refractivity contribution in [1.29, 1.82) is 0 Å². The Labute approximate surface area is 235 Å². The van der Waals surface area contributed by atoms with E-state index in [1.165, 1.54) is 21.3 Å². The summed E-state index contributed by atoms with van der Waals surface area (Å²) in [7, 11) is 4.59. The van der Waals surface area contributed by atoms with E-state index in [4.69, 9.17) is 14.2 Å². The number of fused-ring (bicyclic) bond motifs is 2. The number of ketones is 1.